The smallest absolute Gasteiger partial charge is 0.217 e. The Labute approximate surface area is 128 Å². The maximum atomic E-state index is 11.9. The lowest BCUT2D eigenvalue weighted by atomic mass is 10.3. The molecule has 8 heteroatoms. The van der Waals surface area contributed by atoms with Gasteiger partial charge in [0.1, 0.15) is 17.7 Å². The molecular formula is C14H16N4O3S. The zero-order valence-electron chi connectivity index (χ0n) is 12.1. The topological polar surface area (TPSA) is 89.5 Å². The van der Waals surface area contributed by atoms with Crippen molar-refractivity contribution < 1.29 is 12.9 Å². The molecular weight excluding hydrogens is 304 g/mol. The van der Waals surface area contributed by atoms with Gasteiger partial charge in [-0.25, -0.2) is 18.1 Å². The van der Waals surface area contributed by atoms with E-state index in [2.05, 4.69) is 19.4 Å². The van der Waals surface area contributed by atoms with E-state index >= 15 is 0 Å². The minimum Gasteiger partial charge on any atom is -0.364 e. The lowest BCUT2D eigenvalue weighted by Crippen LogP contribution is -2.27. The quantitative estimate of drug-likeness (QED) is 0.739. The minimum atomic E-state index is -3.42. The highest BCUT2D eigenvalue weighted by atomic mass is 32.2. The van der Waals surface area contributed by atoms with E-state index in [9.17, 15) is 8.42 Å². The predicted octanol–water partition coefficient (Wildman–Crippen LogP) is 1.29. The Morgan fingerprint density at radius 3 is 2.91 bits per heavy atom. The van der Waals surface area contributed by atoms with Crippen LogP contribution in [-0.2, 0) is 22.2 Å². The van der Waals surface area contributed by atoms with Gasteiger partial charge >= 0.3 is 0 Å². The zero-order chi connectivity index (χ0) is 15.6. The second-order valence-electron chi connectivity index (χ2n) is 5.05. The molecule has 3 rings (SSSR count). The van der Waals surface area contributed by atoms with Crippen LogP contribution in [0.15, 0.2) is 41.4 Å². The molecule has 1 N–H and O–H groups in total. The van der Waals surface area contributed by atoms with E-state index in [0.29, 0.717) is 18.7 Å². The summed E-state index contributed by atoms with van der Waals surface area (Å²) < 4.78 is 32.9. The Bertz CT molecular complexity index is 869. The highest BCUT2D eigenvalue weighted by molar-refractivity contribution is 7.88. The molecule has 0 unspecified atom stereocenters. The number of aryl methyl sites for hydroxylation is 1. The van der Waals surface area contributed by atoms with Crippen LogP contribution in [0.5, 0.6) is 0 Å². The van der Waals surface area contributed by atoms with Gasteiger partial charge in [-0.05, 0) is 18.6 Å². The number of hydrogen-bond acceptors (Lipinski definition) is 5. The number of nitrogens with one attached hydrogen (secondary N) is 1. The SMILES string of the molecule is Cc1cccn2cc(CCNS(=O)(=O)Cc3ccon3)nc12. The number of sulfonamides is 1. The van der Waals surface area contributed by atoms with Crippen molar-refractivity contribution in [3.05, 3.63) is 53.8 Å². The third kappa shape index (κ3) is 3.34. The molecule has 3 aromatic heterocycles. The fourth-order valence-corrected chi connectivity index (χ4v) is 3.27. The van der Waals surface area contributed by atoms with Crippen LogP contribution in [0.1, 0.15) is 17.0 Å². The van der Waals surface area contributed by atoms with E-state index in [1.165, 1.54) is 12.3 Å². The van der Waals surface area contributed by atoms with Crippen LogP contribution < -0.4 is 4.72 Å². The van der Waals surface area contributed by atoms with Crippen molar-refractivity contribution in [3.63, 3.8) is 0 Å². The first kappa shape index (κ1) is 14.7. The van der Waals surface area contributed by atoms with Crippen molar-refractivity contribution in [2.24, 2.45) is 0 Å². The third-order valence-corrected chi connectivity index (χ3v) is 4.58. The van der Waals surface area contributed by atoms with Crippen molar-refractivity contribution in [2.45, 2.75) is 19.1 Å². The molecule has 0 aliphatic heterocycles. The summed E-state index contributed by atoms with van der Waals surface area (Å²) in [6.45, 7) is 2.29. The first-order chi connectivity index (χ1) is 10.5. The number of imidazole rings is 1. The molecule has 0 radical (unpaired) electrons. The van der Waals surface area contributed by atoms with Gasteiger partial charge in [-0.3, -0.25) is 0 Å². The van der Waals surface area contributed by atoms with Gasteiger partial charge in [0.2, 0.25) is 10.0 Å². The fraction of sp³-hybridized carbons (Fsp3) is 0.286. The molecule has 0 bridgehead atoms. The van der Waals surface area contributed by atoms with Crippen LogP contribution in [0.25, 0.3) is 5.65 Å². The van der Waals surface area contributed by atoms with E-state index in [4.69, 9.17) is 0 Å². The van der Waals surface area contributed by atoms with Crippen LogP contribution in [0.4, 0.5) is 0 Å². The summed E-state index contributed by atoms with van der Waals surface area (Å²) in [5, 5.41) is 3.60. The molecule has 0 spiro atoms. The first-order valence-electron chi connectivity index (χ1n) is 6.83. The number of rotatable bonds is 6. The molecule has 0 amide bonds. The van der Waals surface area contributed by atoms with Gasteiger partial charge in [0, 0.05) is 31.4 Å². The van der Waals surface area contributed by atoms with Gasteiger partial charge in [0.25, 0.3) is 0 Å². The lowest BCUT2D eigenvalue weighted by Gasteiger charge is -2.03. The van der Waals surface area contributed by atoms with E-state index in [1.807, 2.05) is 35.9 Å². The average Bonchev–Trinajstić information content (AvgIpc) is 3.08. The summed E-state index contributed by atoms with van der Waals surface area (Å²) >= 11 is 0. The maximum Gasteiger partial charge on any atom is 0.217 e. The standard InChI is InChI=1S/C14H16N4O3S/c1-11-3-2-7-18-9-12(16-14(11)18)4-6-15-22(19,20)10-13-5-8-21-17-13/h2-3,5,7-9,15H,4,6,10H2,1H3. The number of aromatic nitrogens is 3. The summed E-state index contributed by atoms with van der Waals surface area (Å²) in [5.41, 5.74) is 3.21. The highest BCUT2D eigenvalue weighted by Gasteiger charge is 2.13. The molecule has 3 heterocycles. The van der Waals surface area contributed by atoms with Crippen molar-refractivity contribution in [3.8, 4) is 0 Å². The largest absolute Gasteiger partial charge is 0.364 e. The van der Waals surface area contributed by atoms with Gasteiger partial charge in [-0.15, -0.1) is 0 Å². The molecule has 0 aliphatic rings. The molecule has 3 aromatic rings. The molecule has 116 valence electrons. The van der Waals surface area contributed by atoms with Gasteiger partial charge in [-0.1, -0.05) is 11.2 Å². The van der Waals surface area contributed by atoms with Gasteiger partial charge in [-0.2, -0.15) is 0 Å². The van der Waals surface area contributed by atoms with Crippen LogP contribution in [-0.4, -0.2) is 29.5 Å². The lowest BCUT2D eigenvalue weighted by molar-refractivity contribution is 0.413. The minimum absolute atomic E-state index is 0.187. The second-order valence-corrected chi connectivity index (χ2v) is 6.86. The first-order valence-corrected chi connectivity index (χ1v) is 8.48. The number of hydrogen-bond donors (Lipinski definition) is 1. The van der Waals surface area contributed by atoms with Crippen LogP contribution >= 0.6 is 0 Å². The molecule has 0 atom stereocenters. The summed E-state index contributed by atoms with van der Waals surface area (Å²) in [7, 11) is -3.42. The number of pyridine rings is 1. The van der Waals surface area contributed by atoms with Crippen molar-refractivity contribution in [1.82, 2.24) is 19.3 Å². The molecule has 22 heavy (non-hydrogen) atoms. The maximum absolute atomic E-state index is 11.9. The zero-order valence-corrected chi connectivity index (χ0v) is 12.9. The predicted molar refractivity (Wildman–Crippen MR) is 80.8 cm³/mol. The normalized spacial score (nSPS) is 12.0. The Morgan fingerprint density at radius 2 is 2.18 bits per heavy atom. The van der Waals surface area contributed by atoms with Gasteiger partial charge in [0.15, 0.2) is 0 Å². The van der Waals surface area contributed by atoms with E-state index in [1.54, 1.807) is 0 Å². The van der Waals surface area contributed by atoms with Crippen molar-refractivity contribution >= 4 is 15.7 Å². The van der Waals surface area contributed by atoms with Gasteiger partial charge in [0.05, 0.1) is 11.4 Å². The second kappa shape index (κ2) is 5.90. The highest BCUT2D eigenvalue weighted by Crippen LogP contribution is 2.10. The van der Waals surface area contributed by atoms with Crippen molar-refractivity contribution in [2.75, 3.05) is 6.54 Å². The Balaban J connectivity index is 1.61. The summed E-state index contributed by atoms with van der Waals surface area (Å²) in [4.78, 5) is 4.51. The molecule has 0 fully saturated rings. The summed E-state index contributed by atoms with van der Waals surface area (Å²) in [5.74, 6) is -0.187. The monoisotopic (exact) mass is 320 g/mol. The third-order valence-electron chi connectivity index (χ3n) is 3.26. The summed E-state index contributed by atoms with van der Waals surface area (Å²) in [6, 6.07) is 5.48. The average molecular weight is 320 g/mol. The van der Waals surface area contributed by atoms with Gasteiger partial charge < -0.3 is 8.92 Å². The fourth-order valence-electron chi connectivity index (χ4n) is 2.22. The molecule has 0 saturated heterocycles. The van der Waals surface area contributed by atoms with Crippen LogP contribution in [0, 0.1) is 6.92 Å². The van der Waals surface area contributed by atoms with Crippen LogP contribution in [0.2, 0.25) is 0 Å². The van der Waals surface area contributed by atoms with E-state index < -0.39 is 10.0 Å². The number of fused-ring (bicyclic) bond motifs is 1. The molecule has 7 nitrogen and oxygen atoms in total. The van der Waals surface area contributed by atoms with Crippen LogP contribution in [0.3, 0.4) is 0 Å². The molecule has 0 aliphatic carbocycles. The summed E-state index contributed by atoms with van der Waals surface area (Å²) in [6.07, 6.45) is 5.71. The Kier molecular flexibility index (Phi) is 3.95. The Hall–Kier alpha value is -2.19. The number of nitrogens with zero attached hydrogens (tertiary/aromatic N) is 3. The van der Waals surface area contributed by atoms with E-state index in [-0.39, 0.29) is 5.75 Å². The molecule has 0 aromatic carbocycles. The Morgan fingerprint density at radius 1 is 1.32 bits per heavy atom. The molecule has 0 saturated carbocycles. The van der Waals surface area contributed by atoms with E-state index in [0.717, 1.165) is 16.9 Å². The van der Waals surface area contributed by atoms with Crippen molar-refractivity contribution in [1.29, 1.82) is 0 Å².